The minimum Gasteiger partial charge on any atom is -0.351 e. The fourth-order valence-corrected chi connectivity index (χ4v) is 4.73. The average Bonchev–Trinajstić information content (AvgIpc) is 3.19. The number of hydrogen-bond donors (Lipinski definition) is 1. The molecule has 0 spiro atoms. The van der Waals surface area contributed by atoms with E-state index in [2.05, 4.69) is 27.5 Å². The van der Waals surface area contributed by atoms with E-state index < -0.39 is 0 Å². The number of nitrogens with one attached hydrogen (secondary N) is 1. The van der Waals surface area contributed by atoms with Crippen molar-refractivity contribution in [1.29, 1.82) is 0 Å². The molecular weight excluding hydrogens is 390 g/mol. The van der Waals surface area contributed by atoms with E-state index in [4.69, 9.17) is 4.99 Å². The van der Waals surface area contributed by atoms with Crippen LogP contribution >= 0.6 is 23.1 Å². The lowest BCUT2D eigenvalue weighted by Gasteiger charge is -2.33. The minimum atomic E-state index is -0.0818. The molecule has 2 aromatic rings. The van der Waals surface area contributed by atoms with Crippen molar-refractivity contribution in [2.75, 3.05) is 18.1 Å². The summed E-state index contributed by atoms with van der Waals surface area (Å²) in [6, 6.07) is 10.4. The maximum atomic E-state index is 12.4. The summed E-state index contributed by atoms with van der Waals surface area (Å²) in [4.78, 5) is 19.5. The number of aromatic nitrogens is 2. The van der Waals surface area contributed by atoms with Gasteiger partial charge in [-0.25, -0.2) is 4.99 Å². The second-order valence-electron chi connectivity index (χ2n) is 6.82. The highest BCUT2D eigenvalue weighted by Crippen LogP contribution is 2.26. The molecule has 1 heterocycles. The summed E-state index contributed by atoms with van der Waals surface area (Å²) in [5.74, 6) is 0.214. The molecule has 0 bridgehead atoms. The number of benzene rings is 1. The predicted molar refractivity (Wildman–Crippen MR) is 119 cm³/mol. The van der Waals surface area contributed by atoms with Crippen molar-refractivity contribution in [3.05, 3.63) is 35.3 Å². The first-order valence-corrected chi connectivity index (χ1v) is 11.6. The Kier molecular flexibility index (Phi) is 7.85. The highest BCUT2D eigenvalue weighted by molar-refractivity contribution is 8.14. The Hall–Kier alpha value is -1.93. The molecule has 0 saturated heterocycles. The Morgan fingerprint density at radius 1 is 1.25 bits per heavy atom. The molecule has 8 heteroatoms. The van der Waals surface area contributed by atoms with Gasteiger partial charge in [0, 0.05) is 13.1 Å². The van der Waals surface area contributed by atoms with Crippen LogP contribution < -0.4 is 5.32 Å². The van der Waals surface area contributed by atoms with Crippen LogP contribution in [0.1, 0.15) is 44.0 Å². The predicted octanol–water partition coefficient (Wildman–Crippen LogP) is 4.72. The number of anilines is 1. The molecule has 0 aliphatic heterocycles. The summed E-state index contributed by atoms with van der Waals surface area (Å²) >= 11 is 2.90. The molecule has 1 saturated carbocycles. The van der Waals surface area contributed by atoms with Crippen molar-refractivity contribution in [3.8, 4) is 0 Å². The Balaban J connectivity index is 1.66. The third-order valence-electron chi connectivity index (χ3n) is 4.75. The number of hydrogen-bond acceptors (Lipinski definition) is 6. The van der Waals surface area contributed by atoms with Crippen LogP contribution in [0.25, 0.3) is 0 Å². The highest BCUT2D eigenvalue weighted by atomic mass is 32.2. The normalized spacial score (nSPS) is 15.4. The zero-order valence-corrected chi connectivity index (χ0v) is 18.1. The van der Waals surface area contributed by atoms with E-state index in [0.717, 1.165) is 22.3 Å². The number of aliphatic imine (C=N–C) groups is 1. The van der Waals surface area contributed by atoms with Crippen molar-refractivity contribution in [2.45, 2.75) is 51.5 Å². The maximum Gasteiger partial charge on any atom is 0.236 e. The van der Waals surface area contributed by atoms with Crippen LogP contribution in [0.5, 0.6) is 0 Å². The molecule has 1 aromatic carbocycles. The SMILES string of the molecule is CCc1nnc(NC(=O)CSC(=Nc2ccccc2)N(C)C2CCCCC2)s1. The van der Waals surface area contributed by atoms with E-state index in [0.29, 0.717) is 16.9 Å². The van der Waals surface area contributed by atoms with Gasteiger partial charge in [-0.15, -0.1) is 10.2 Å². The minimum absolute atomic E-state index is 0.0818. The van der Waals surface area contributed by atoms with E-state index in [1.807, 2.05) is 37.3 Å². The quantitative estimate of drug-likeness (QED) is 0.544. The van der Waals surface area contributed by atoms with E-state index in [-0.39, 0.29) is 5.91 Å². The summed E-state index contributed by atoms with van der Waals surface area (Å²) in [7, 11) is 2.10. The largest absolute Gasteiger partial charge is 0.351 e. The lowest BCUT2D eigenvalue weighted by atomic mass is 9.95. The lowest BCUT2D eigenvalue weighted by Crippen LogP contribution is -2.37. The summed E-state index contributed by atoms with van der Waals surface area (Å²) in [5.41, 5.74) is 0.907. The van der Waals surface area contributed by atoms with Gasteiger partial charge in [-0.2, -0.15) is 0 Å². The van der Waals surface area contributed by atoms with Crippen LogP contribution in [0.2, 0.25) is 0 Å². The first-order chi connectivity index (χ1) is 13.7. The summed E-state index contributed by atoms with van der Waals surface area (Å²) in [6.07, 6.45) is 7.02. The molecule has 1 amide bonds. The number of thioether (sulfide) groups is 1. The molecule has 1 aliphatic rings. The van der Waals surface area contributed by atoms with Crippen LogP contribution in [0.15, 0.2) is 35.3 Å². The van der Waals surface area contributed by atoms with Crippen LogP contribution in [0, 0.1) is 0 Å². The van der Waals surface area contributed by atoms with Crippen molar-refractivity contribution in [1.82, 2.24) is 15.1 Å². The summed E-state index contributed by atoms with van der Waals surface area (Å²) in [6.45, 7) is 2.02. The van der Waals surface area contributed by atoms with Crippen molar-refractivity contribution < 1.29 is 4.79 Å². The van der Waals surface area contributed by atoms with Gasteiger partial charge in [0.2, 0.25) is 11.0 Å². The van der Waals surface area contributed by atoms with Crippen LogP contribution in [-0.4, -0.2) is 45.0 Å². The Bertz CT molecular complexity index is 787. The Morgan fingerprint density at radius 2 is 2.00 bits per heavy atom. The Labute approximate surface area is 174 Å². The zero-order valence-electron chi connectivity index (χ0n) is 16.4. The third-order valence-corrected chi connectivity index (χ3v) is 6.78. The molecular formula is C20H27N5OS2. The van der Waals surface area contributed by atoms with Gasteiger partial charge in [0.1, 0.15) is 5.01 Å². The maximum absolute atomic E-state index is 12.4. The molecule has 1 N–H and O–H groups in total. The summed E-state index contributed by atoms with van der Waals surface area (Å²) < 4.78 is 0. The molecule has 6 nitrogen and oxygen atoms in total. The first kappa shape index (κ1) is 20.8. The van der Waals surface area contributed by atoms with Gasteiger partial charge in [0.15, 0.2) is 5.17 Å². The number of aryl methyl sites for hydroxylation is 1. The fourth-order valence-electron chi connectivity index (χ4n) is 3.18. The first-order valence-electron chi connectivity index (χ1n) is 9.77. The van der Waals surface area contributed by atoms with Crippen LogP contribution in [-0.2, 0) is 11.2 Å². The monoisotopic (exact) mass is 417 g/mol. The van der Waals surface area contributed by atoms with Gasteiger partial charge in [0.25, 0.3) is 0 Å². The number of amides is 1. The molecule has 3 rings (SSSR count). The molecule has 0 unspecified atom stereocenters. The number of nitrogens with zero attached hydrogens (tertiary/aromatic N) is 4. The number of carbonyl (C=O) groups excluding carboxylic acids is 1. The standard InChI is InChI=1S/C20H27N5OS2/c1-3-18-23-24-19(28-18)22-17(26)14-27-20(21-15-10-6-4-7-11-15)25(2)16-12-8-5-9-13-16/h4,6-7,10-11,16H,3,5,8-9,12-14H2,1-2H3,(H,22,24,26). The van der Waals surface area contributed by atoms with Gasteiger partial charge in [0.05, 0.1) is 11.4 Å². The topological polar surface area (TPSA) is 70.5 Å². The molecule has 0 radical (unpaired) electrons. The number of carbonyl (C=O) groups is 1. The van der Waals surface area contributed by atoms with Gasteiger partial charge in [-0.3, -0.25) is 10.1 Å². The van der Waals surface area contributed by atoms with Gasteiger partial charge in [-0.1, -0.05) is 67.5 Å². The van der Waals surface area contributed by atoms with Crippen molar-refractivity contribution in [3.63, 3.8) is 0 Å². The van der Waals surface area contributed by atoms with Gasteiger partial charge >= 0.3 is 0 Å². The van der Waals surface area contributed by atoms with Crippen molar-refractivity contribution >= 4 is 45.0 Å². The van der Waals surface area contributed by atoms with E-state index in [9.17, 15) is 4.79 Å². The second-order valence-corrected chi connectivity index (χ2v) is 8.83. The van der Waals surface area contributed by atoms with Crippen molar-refractivity contribution in [2.24, 2.45) is 4.99 Å². The van der Waals surface area contributed by atoms with E-state index >= 15 is 0 Å². The number of rotatable bonds is 6. The molecule has 1 fully saturated rings. The van der Waals surface area contributed by atoms with Gasteiger partial charge < -0.3 is 4.90 Å². The van der Waals surface area contributed by atoms with Crippen LogP contribution in [0.4, 0.5) is 10.8 Å². The van der Waals surface area contributed by atoms with E-state index in [1.54, 1.807) is 0 Å². The molecule has 28 heavy (non-hydrogen) atoms. The fraction of sp³-hybridized carbons (Fsp3) is 0.500. The summed E-state index contributed by atoms with van der Waals surface area (Å²) in [5, 5.41) is 13.3. The Morgan fingerprint density at radius 3 is 2.68 bits per heavy atom. The van der Waals surface area contributed by atoms with Crippen LogP contribution in [0.3, 0.4) is 0 Å². The molecule has 1 aromatic heterocycles. The smallest absolute Gasteiger partial charge is 0.236 e. The van der Waals surface area contributed by atoms with E-state index in [1.165, 1.54) is 55.2 Å². The number of amidine groups is 1. The highest BCUT2D eigenvalue weighted by Gasteiger charge is 2.22. The molecule has 0 atom stereocenters. The second kappa shape index (κ2) is 10.6. The number of para-hydroxylation sites is 1. The molecule has 1 aliphatic carbocycles. The third kappa shape index (κ3) is 6.04. The average molecular weight is 418 g/mol. The van der Waals surface area contributed by atoms with Gasteiger partial charge in [-0.05, 0) is 31.4 Å². The lowest BCUT2D eigenvalue weighted by molar-refractivity contribution is -0.113. The zero-order chi connectivity index (χ0) is 19.8. The molecule has 150 valence electrons.